The topological polar surface area (TPSA) is 104 Å². The second-order valence-corrected chi connectivity index (χ2v) is 2.21. The summed E-state index contributed by atoms with van der Waals surface area (Å²) in [5, 5.41) is 0. The van der Waals surface area contributed by atoms with E-state index in [0.29, 0.717) is 0 Å². The highest BCUT2D eigenvalue weighted by Gasteiger charge is 2.00. The molecule has 0 aliphatic carbocycles. The van der Waals surface area contributed by atoms with Gasteiger partial charge in [-0.15, -0.1) is 0 Å². The number of rotatable bonds is 0. The number of nitrogens with two attached hydrogens (primary N) is 1. The molecule has 6 heteroatoms. The number of hydrogen-bond acceptors (Lipinski definition) is 2. The van der Waals surface area contributed by atoms with Gasteiger partial charge in [0.05, 0.1) is 0 Å². The van der Waals surface area contributed by atoms with Crippen LogP contribution >= 0.6 is 7.82 Å². The first-order chi connectivity index (χ1) is 4.41. The molecule has 0 amide bonds. The van der Waals surface area contributed by atoms with Gasteiger partial charge in [0.1, 0.15) is 0 Å². The van der Waals surface area contributed by atoms with Crippen LogP contribution in [-0.4, -0.2) is 14.7 Å². The van der Waals surface area contributed by atoms with E-state index in [2.05, 4.69) is 12.0 Å². The van der Waals surface area contributed by atoms with E-state index in [0.717, 1.165) is 6.42 Å². The summed E-state index contributed by atoms with van der Waals surface area (Å²) in [6.45, 7) is 1.96. The molecule has 0 saturated heterocycles. The van der Waals surface area contributed by atoms with Crippen LogP contribution in [0.2, 0.25) is 0 Å². The van der Waals surface area contributed by atoms with Gasteiger partial charge in [-0.05, 0) is 0 Å². The molecule has 0 saturated carbocycles. The molecule has 0 aliphatic rings. The van der Waals surface area contributed by atoms with Crippen molar-refractivity contribution in [2.45, 2.75) is 13.3 Å². The van der Waals surface area contributed by atoms with E-state index in [9.17, 15) is 0 Å². The van der Waals surface area contributed by atoms with Crippen LogP contribution in [0.1, 0.15) is 13.3 Å². The zero-order chi connectivity index (χ0) is 8.62. The molecule has 0 rings (SSSR count). The second-order valence-electron chi connectivity index (χ2n) is 1.19. The van der Waals surface area contributed by atoms with Crippen molar-refractivity contribution in [3.05, 3.63) is 0 Å². The van der Waals surface area contributed by atoms with Gasteiger partial charge in [0.2, 0.25) is 0 Å². The first kappa shape index (κ1) is 12.2. The molecular weight excluding hydrogens is 157 g/mol. The Bertz CT molecular complexity index is 156. The zero-order valence-corrected chi connectivity index (χ0v) is 6.38. The highest BCUT2D eigenvalue weighted by Crippen LogP contribution is 2.25. The maximum atomic E-state index is 8.88. The van der Waals surface area contributed by atoms with Gasteiger partial charge in [-0.1, -0.05) is 12.8 Å². The van der Waals surface area contributed by atoms with Crippen LogP contribution in [0.3, 0.4) is 0 Å². The van der Waals surface area contributed by atoms with E-state index in [1.807, 2.05) is 6.92 Å². The predicted molar refractivity (Wildman–Crippen MR) is 36.5 cm³/mol. The predicted octanol–water partition coefficient (Wildman–Crippen LogP) is -0.613. The van der Waals surface area contributed by atoms with E-state index >= 15 is 0 Å². The van der Waals surface area contributed by atoms with Gasteiger partial charge < -0.3 is 20.4 Å². The maximum Gasteiger partial charge on any atom is 0.466 e. The molecule has 0 aromatic rings. The van der Waals surface area contributed by atoms with Gasteiger partial charge >= 0.3 is 7.82 Å². The Kier molecular flexibility index (Phi) is 8.02. The quantitative estimate of drug-likeness (QED) is 0.219. The van der Waals surface area contributed by atoms with Gasteiger partial charge in [-0.3, -0.25) is 0 Å². The van der Waals surface area contributed by atoms with Gasteiger partial charge in [-0.2, -0.15) is 0 Å². The van der Waals surface area contributed by atoms with Gasteiger partial charge in [0.15, 0.2) is 0 Å². The van der Waals surface area contributed by atoms with Crippen molar-refractivity contribution in [2.75, 3.05) is 0 Å². The van der Waals surface area contributed by atoms with Crippen molar-refractivity contribution in [3.63, 3.8) is 0 Å². The lowest BCUT2D eigenvalue weighted by Gasteiger charge is -1.82. The summed E-state index contributed by atoms with van der Waals surface area (Å²) in [5.41, 5.74) is 4.78. The summed E-state index contributed by atoms with van der Waals surface area (Å²) in [5.74, 6) is 2.64. The van der Waals surface area contributed by atoms with Crippen molar-refractivity contribution >= 4 is 7.82 Å². The summed E-state index contributed by atoms with van der Waals surface area (Å²) >= 11 is 0. The first-order valence-corrected chi connectivity index (χ1v) is 3.95. The van der Waals surface area contributed by atoms with E-state index < -0.39 is 7.82 Å². The normalized spacial score (nSPS) is 8.40. The fourth-order valence-electron chi connectivity index (χ4n) is 0.102. The molecule has 0 bridgehead atoms. The minimum absolute atomic E-state index is 0.858. The number of phosphoric acid groups is 1. The van der Waals surface area contributed by atoms with Gasteiger partial charge in [0.25, 0.3) is 0 Å². The lowest BCUT2D eigenvalue weighted by atomic mass is 10.5. The monoisotopic (exact) mass is 167 g/mol. The zero-order valence-electron chi connectivity index (χ0n) is 5.48. The third-order valence-electron chi connectivity index (χ3n) is 0.279. The van der Waals surface area contributed by atoms with E-state index in [1.165, 1.54) is 0 Å². The molecule has 0 heterocycles. The summed E-state index contributed by atoms with van der Waals surface area (Å²) in [6, 6.07) is 2.27. The van der Waals surface area contributed by atoms with Crippen LogP contribution < -0.4 is 5.73 Å². The maximum absolute atomic E-state index is 8.88. The Morgan fingerprint density at radius 3 is 1.80 bits per heavy atom. The standard InChI is InChI=1S/C4H7N.H3O4P/c1-2-3-4-5;1-5(2,3)4/h2,5H2,1H3;(H3,1,2,3,4). The molecule has 5 N–H and O–H groups in total. The van der Waals surface area contributed by atoms with Crippen LogP contribution in [0.5, 0.6) is 0 Å². The molecule has 0 unspecified atom stereocenters. The van der Waals surface area contributed by atoms with Crippen molar-refractivity contribution in [1.82, 2.24) is 0 Å². The Labute approximate surface area is 59.1 Å². The smallest absolute Gasteiger partial charge is 0.359 e. The second kappa shape index (κ2) is 6.59. The average Bonchev–Trinajstić information content (AvgIpc) is 1.63. The average molecular weight is 167 g/mol. The molecule has 5 nitrogen and oxygen atoms in total. The van der Waals surface area contributed by atoms with Crippen LogP contribution in [0.15, 0.2) is 0 Å². The van der Waals surface area contributed by atoms with Crippen LogP contribution in [0.25, 0.3) is 0 Å². The third-order valence-corrected chi connectivity index (χ3v) is 0.279. The highest BCUT2D eigenvalue weighted by atomic mass is 31.2. The lowest BCUT2D eigenvalue weighted by molar-refractivity contribution is 0.275. The Morgan fingerprint density at radius 2 is 1.80 bits per heavy atom. The molecule has 0 aromatic carbocycles. The number of hydrogen-bond donors (Lipinski definition) is 4. The minimum atomic E-state index is -4.64. The van der Waals surface area contributed by atoms with Crippen LogP contribution in [0.4, 0.5) is 0 Å². The molecule has 60 valence electrons. The van der Waals surface area contributed by atoms with Crippen LogP contribution in [-0.2, 0) is 4.57 Å². The molecule has 10 heavy (non-hydrogen) atoms. The van der Waals surface area contributed by atoms with Crippen molar-refractivity contribution in [3.8, 4) is 12.0 Å². The van der Waals surface area contributed by atoms with Crippen molar-refractivity contribution < 1.29 is 19.2 Å². The van der Waals surface area contributed by atoms with Gasteiger partial charge in [0, 0.05) is 12.5 Å². The Balaban J connectivity index is 0. The fraction of sp³-hybridized carbons (Fsp3) is 0.500. The lowest BCUT2D eigenvalue weighted by Crippen LogP contribution is -1.73. The fourth-order valence-corrected chi connectivity index (χ4v) is 0.102. The van der Waals surface area contributed by atoms with E-state index in [1.54, 1.807) is 0 Å². The summed E-state index contributed by atoms with van der Waals surface area (Å²) in [6.07, 6.45) is 0.858. The molecular formula is C4H10NO4P. The van der Waals surface area contributed by atoms with Gasteiger partial charge in [-0.25, -0.2) is 4.57 Å². The molecule has 0 aromatic heterocycles. The molecule has 0 aliphatic heterocycles. The van der Waals surface area contributed by atoms with E-state index in [-0.39, 0.29) is 0 Å². The minimum Gasteiger partial charge on any atom is -0.359 e. The summed E-state index contributed by atoms with van der Waals surface area (Å²) in [7, 11) is -4.64. The highest BCUT2D eigenvalue weighted by molar-refractivity contribution is 7.45. The van der Waals surface area contributed by atoms with Crippen molar-refractivity contribution in [2.24, 2.45) is 5.73 Å². The third kappa shape index (κ3) is 145. The van der Waals surface area contributed by atoms with Crippen LogP contribution in [0, 0.1) is 12.0 Å². The molecule has 0 atom stereocenters. The van der Waals surface area contributed by atoms with E-state index in [4.69, 9.17) is 25.0 Å². The summed E-state index contributed by atoms with van der Waals surface area (Å²) in [4.78, 5) is 21.6. The molecule has 0 radical (unpaired) electrons. The SMILES string of the molecule is CCC#CN.O=P(O)(O)O. The molecule has 0 spiro atoms. The molecule has 0 fully saturated rings. The summed E-state index contributed by atoms with van der Waals surface area (Å²) < 4.78 is 8.88. The first-order valence-electron chi connectivity index (χ1n) is 2.38. The Hall–Kier alpha value is -0.530. The largest absolute Gasteiger partial charge is 0.466 e. The Morgan fingerprint density at radius 1 is 1.50 bits per heavy atom. The van der Waals surface area contributed by atoms with Crippen molar-refractivity contribution in [1.29, 1.82) is 0 Å².